The first-order valence-electron chi connectivity index (χ1n) is 6.10. The maximum absolute atomic E-state index is 14.1. The molecule has 1 rings (SSSR count). The highest BCUT2D eigenvalue weighted by molar-refractivity contribution is 7.89. The van der Waals surface area contributed by atoms with Crippen LogP contribution in [-0.2, 0) is 10.0 Å². The fourth-order valence-electron chi connectivity index (χ4n) is 1.92. The van der Waals surface area contributed by atoms with Crippen molar-refractivity contribution >= 4 is 15.9 Å². The van der Waals surface area contributed by atoms with Gasteiger partial charge in [-0.2, -0.15) is 0 Å². The Kier molecular flexibility index (Phi) is 4.74. The average molecular weight is 320 g/mol. The summed E-state index contributed by atoms with van der Waals surface area (Å²) in [5, 5.41) is 4.81. The minimum Gasteiger partial charge on any atom is -0.341 e. The van der Waals surface area contributed by atoms with Crippen LogP contribution < -0.4 is 5.14 Å². The first kappa shape index (κ1) is 17.5. The first-order valence-corrected chi connectivity index (χ1v) is 7.65. The zero-order valence-electron chi connectivity index (χ0n) is 12.3. The second-order valence-electron chi connectivity index (χ2n) is 6.03. The lowest BCUT2D eigenvalue weighted by Crippen LogP contribution is -2.35. The number of primary sulfonamides is 1. The Morgan fingerprint density at radius 2 is 1.81 bits per heavy atom. The van der Waals surface area contributed by atoms with Crippen LogP contribution in [0, 0.1) is 17.0 Å². The van der Waals surface area contributed by atoms with Crippen molar-refractivity contribution in [2.24, 2.45) is 10.6 Å². The zero-order valence-corrected chi connectivity index (χ0v) is 13.1. The molecule has 0 aliphatic carbocycles. The molecular formula is C13H18F2N2O3S. The number of hydrogen-bond donors (Lipinski definition) is 1. The molecule has 0 fully saturated rings. The number of hydrogen-bond acceptors (Lipinski definition) is 3. The maximum Gasteiger partial charge on any atom is 0.256 e. The Hall–Kier alpha value is -1.54. The summed E-state index contributed by atoms with van der Waals surface area (Å²) in [5.74, 6) is -3.20. The van der Waals surface area contributed by atoms with Gasteiger partial charge in [0.15, 0.2) is 5.82 Å². The Morgan fingerprint density at radius 3 is 2.24 bits per heavy atom. The minimum absolute atomic E-state index is 0.253. The van der Waals surface area contributed by atoms with Gasteiger partial charge in [-0.3, -0.25) is 4.79 Å². The second-order valence-corrected chi connectivity index (χ2v) is 7.56. The van der Waals surface area contributed by atoms with E-state index in [1.807, 2.05) is 20.8 Å². The van der Waals surface area contributed by atoms with Crippen LogP contribution in [0.25, 0.3) is 0 Å². The summed E-state index contributed by atoms with van der Waals surface area (Å²) in [6, 6.07) is 1.11. The van der Waals surface area contributed by atoms with Gasteiger partial charge < -0.3 is 4.90 Å². The highest BCUT2D eigenvalue weighted by atomic mass is 32.2. The van der Waals surface area contributed by atoms with Crippen molar-refractivity contribution < 1.29 is 22.0 Å². The number of carbonyl (C=O) groups is 1. The molecule has 0 aliphatic rings. The molecule has 5 nitrogen and oxygen atoms in total. The number of nitrogens with zero attached hydrogens (tertiary/aromatic N) is 1. The fraction of sp³-hybridized carbons (Fsp3) is 0.462. The summed E-state index contributed by atoms with van der Waals surface area (Å²) in [6.07, 6.45) is 0. The van der Waals surface area contributed by atoms with Gasteiger partial charge in [0, 0.05) is 13.6 Å². The molecular weight excluding hydrogens is 302 g/mol. The Balaban J connectivity index is 3.32. The average Bonchev–Trinajstić information content (AvgIpc) is 2.27. The highest BCUT2D eigenvalue weighted by Gasteiger charge is 2.26. The van der Waals surface area contributed by atoms with E-state index in [1.54, 1.807) is 0 Å². The van der Waals surface area contributed by atoms with Crippen molar-refractivity contribution in [1.29, 1.82) is 0 Å². The molecule has 0 radical (unpaired) electrons. The van der Waals surface area contributed by atoms with Gasteiger partial charge in [-0.25, -0.2) is 22.3 Å². The number of carbonyl (C=O) groups excluding carboxylic acids is 1. The molecule has 8 heteroatoms. The van der Waals surface area contributed by atoms with Crippen molar-refractivity contribution in [2.45, 2.75) is 25.7 Å². The number of halogens is 2. The van der Waals surface area contributed by atoms with E-state index < -0.39 is 38.0 Å². The van der Waals surface area contributed by atoms with Gasteiger partial charge in [-0.15, -0.1) is 0 Å². The number of sulfonamides is 1. The van der Waals surface area contributed by atoms with Crippen LogP contribution in [0.4, 0.5) is 8.78 Å². The standard InChI is InChI=1S/C13H18F2N2O3S/c1-13(2,3)7-17(4)12(18)9-5-8(14)6-10(11(9)15)21(16,19)20/h5-6H,7H2,1-4H3,(H2,16,19,20). The van der Waals surface area contributed by atoms with Crippen LogP contribution in [-0.4, -0.2) is 32.8 Å². The van der Waals surface area contributed by atoms with Gasteiger partial charge in [0.25, 0.3) is 5.91 Å². The molecule has 21 heavy (non-hydrogen) atoms. The zero-order chi connectivity index (χ0) is 16.6. The predicted octanol–water partition coefficient (Wildman–Crippen LogP) is 1.73. The van der Waals surface area contributed by atoms with Crippen LogP contribution >= 0.6 is 0 Å². The number of benzene rings is 1. The van der Waals surface area contributed by atoms with Gasteiger partial charge in [0.2, 0.25) is 10.0 Å². The molecule has 1 aromatic carbocycles. The van der Waals surface area contributed by atoms with Crippen molar-refractivity contribution in [3.8, 4) is 0 Å². The third-order valence-corrected chi connectivity index (χ3v) is 3.51. The number of amides is 1. The maximum atomic E-state index is 14.1. The molecule has 0 aromatic heterocycles. The third kappa shape index (κ3) is 4.47. The molecule has 0 aliphatic heterocycles. The minimum atomic E-state index is -4.46. The van der Waals surface area contributed by atoms with Crippen molar-refractivity contribution in [1.82, 2.24) is 4.90 Å². The number of nitrogens with two attached hydrogens (primary N) is 1. The largest absolute Gasteiger partial charge is 0.341 e. The van der Waals surface area contributed by atoms with Gasteiger partial charge in [0.05, 0.1) is 5.56 Å². The van der Waals surface area contributed by atoms with E-state index >= 15 is 0 Å². The van der Waals surface area contributed by atoms with Gasteiger partial charge >= 0.3 is 0 Å². The lowest BCUT2D eigenvalue weighted by Gasteiger charge is -2.26. The van der Waals surface area contributed by atoms with E-state index in [4.69, 9.17) is 5.14 Å². The summed E-state index contributed by atoms with van der Waals surface area (Å²) < 4.78 is 50.0. The summed E-state index contributed by atoms with van der Waals surface area (Å²) in [7, 11) is -3.03. The molecule has 0 saturated carbocycles. The monoisotopic (exact) mass is 320 g/mol. The third-order valence-electron chi connectivity index (χ3n) is 2.60. The van der Waals surface area contributed by atoms with E-state index in [2.05, 4.69) is 0 Å². The molecule has 0 saturated heterocycles. The first-order chi connectivity index (χ1) is 9.33. The SMILES string of the molecule is CN(CC(C)(C)C)C(=O)c1cc(F)cc(S(N)(=O)=O)c1F. The van der Waals surface area contributed by atoms with E-state index in [0.717, 1.165) is 0 Å². The molecule has 118 valence electrons. The molecule has 0 unspecified atom stereocenters. The van der Waals surface area contributed by atoms with Crippen molar-refractivity contribution in [2.75, 3.05) is 13.6 Å². The van der Waals surface area contributed by atoms with Crippen LogP contribution in [0.5, 0.6) is 0 Å². The van der Waals surface area contributed by atoms with Crippen LogP contribution in [0.2, 0.25) is 0 Å². The van der Waals surface area contributed by atoms with Crippen LogP contribution in [0.3, 0.4) is 0 Å². The van der Waals surface area contributed by atoms with Gasteiger partial charge in [-0.05, 0) is 17.5 Å². The van der Waals surface area contributed by atoms with Crippen molar-refractivity contribution in [3.05, 3.63) is 29.3 Å². The second kappa shape index (κ2) is 5.69. The quantitative estimate of drug-likeness (QED) is 0.921. The lowest BCUT2D eigenvalue weighted by atomic mass is 9.96. The Labute approximate surface area is 122 Å². The van der Waals surface area contributed by atoms with Crippen LogP contribution in [0.15, 0.2) is 17.0 Å². The van der Waals surface area contributed by atoms with E-state index in [9.17, 15) is 22.0 Å². The Bertz CT molecular complexity index is 667. The molecule has 0 bridgehead atoms. The van der Waals surface area contributed by atoms with E-state index in [0.29, 0.717) is 12.1 Å². The molecule has 2 N–H and O–H groups in total. The summed E-state index contributed by atoms with van der Waals surface area (Å²) in [4.78, 5) is 12.3. The van der Waals surface area contributed by atoms with Gasteiger partial charge in [-0.1, -0.05) is 20.8 Å². The molecule has 0 heterocycles. The van der Waals surface area contributed by atoms with Crippen molar-refractivity contribution in [3.63, 3.8) is 0 Å². The molecule has 0 atom stereocenters. The fourth-order valence-corrected chi connectivity index (χ4v) is 2.55. The smallest absolute Gasteiger partial charge is 0.256 e. The summed E-state index contributed by atoms with van der Waals surface area (Å²) in [5.41, 5.74) is -0.914. The lowest BCUT2D eigenvalue weighted by molar-refractivity contribution is 0.0739. The molecule has 1 aromatic rings. The van der Waals surface area contributed by atoms with E-state index in [-0.39, 0.29) is 12.0 Å². The Morgan fingerprint density at radius 1 is 1.29 bits per heavy atom. The van der Waals surface area contributed by atoms with Crippen LogP contribution in [0.1, 0.15) is 31.1 Å². The number of rotatable bonds is 3. The molecule has 0 spiro atoms. The topological polar surface area (TPSA) is 80.5 Å². The summed E-state index contributed by atoms with van der Waals surface area (Å²) >= 11 is 0. The summed E-state index contributed by atoms with van der Waals surface area (Å²) in [6.45, 7) is 5.89. The van der Waals surface area contributed by atoms with E-state index in [1.165, 1.54) is 11.9 Å². The molecule has 1 amide bonds. The van der Waals surface area contributed by atoms with Gasteiger partial charge in [0.1, 0.15) is 10.7 Å². The highest BCUT2D eigenvalue weighted by Crippen LogP contribution is 2.22. The normalized spacial score (nSPS) is 12.3. The predicted molar refractivity (Wildman–Crippen MR) is 74.1 cm³/mol.